The number of nitrogens with zero attached hydrogens (tertiary/aromatic N) is 2. The Morgan fingerprint density at radius 2 is 1.93 bits per heavy atom. The first kappa shape index (κ1) is 25.0. The van der Waals surface area contributed by atoms with Crippen molar-refractivity contribution in [1.82, 2.24) is 15.5 Å². The SMILES string of the molecule is CCNC(=NCc1ccccc1OCC)NCC1CCN(CCOC)CC1.I. The van der Waals surface area contributed by atoms with Gasteiger partial charge in [-0.15, -0.1) is 24.0 Å². The van der Waals surface area contributed by atoms with Crippen LogP contribution in [0.1, 0.15) is 32.3 Å². The number of guanidine groups is 1. The summed E-state index contributed by atoms with van der Waals surface area (Å²) in [5.41, 5.74) is 1.11. The Kier molecular flexibility index (Phi) is 13.3. The van der Waals surface area contributed by atoms with Crippen LogP contribution in [0.5, 0.6) is 5.75 Å². The summed E-state index contributed by atoms with van der Waals surface area (Å²) in [5.74, 6) is 2.50. The first-order chi connectivity index (χ1) is 13.3. The Bertz CT molecular complexity index is 563. The fourth-order valence-electron chi connectivity index (χ4n) is 3.31. The van der Waals surface area contributed by atoms with Crippen molar-refractivity contribution in [2.45, 2.75) is 33.2 Å². The van der Waals surface area contributed by atoms with Crippen LogP contribution in [-0.4, -0.2) is 63.9 Å². The highest BCUT2D eigenvalue weighted by Gasteiger charge is 2.19. The molecule has 0 radical (unpaired) electrons. The van der Waals surface area contributed by atoms with E-state index in [1.807, 2.05) is 25.1 Å². The Morgan fingerprint density at radius 1 is 1.18 bits per heavy atom. The summed E-state index contributed by atoms with van der Waals surface area (Å²) >= 11 is 0. The first-order valence-corrected chi connectivity index (χ1v) is 10.2. The molecule has 1 heterocycles. The molecule has 1 saturated heterocycles. The van der Waals surface area contributed by atoms with Crippen molar-refractivity contribution in [3.05, 3.63) is 29.8 Å². The minimum Gasteiger partial charge on any atom is -0.494 e. The number of halogens is 1. The van der Waals surface area contributed by atoms with E-state index in [2.05, 4.69) is 28.5 Å². The van der Waals surface area contributed by atoms with Crippen LogP contribution in [0.4, 0.5) is 0 Å². The summed E-state index contributed by atoms with van der Waals surface area (Å²) in [6.45, 7) is 11.4. The molecule has 160 valence electrons. The van der Waals surface area contributed by atoms with Crippen molar-refractivity contribution < 1.29 is 9.47 Å². The quantitative estimate of drug-likeness (QED) is 0.292. The van der Waals surface area contributed by atoms with Gasteiger partial charge in [-0.25, -0.2) is 4.99 Å². The summed E-state index contributed by atoms with van der Waals surface area (Å²) < 4.78 is 10.9. The van der Waals surface area contributed by atoms with Crippen LogP contribution in [0.3, 0.4) is 0 Å². The lowest BCUT2D eigenvalue weighted by atomic mass is 9.97. The topological polar surface area (TPSA) is 58.1 Å². The fraction of sp³-hybridized carbons (Fsp3) is 0.667. The summed E-state index contributed by atoms with van der Waals surface area (Å²) in [6.07, 6.45) is 2.45. The number of piperidine rings is 1. The molecule has 0 amide bonds. The minimum atomic E-state index is 0. The highest BCUT2D eigenvalue weighted by Crippen LogP contribution is 2.19. The van der Waals surface area contributed by atoms with Crippen LogP contribution >= 0.6 is 24.0 Å². The number of ether oxygens (including phenoxy) is 2. The molecule has 2 rings (SSSR count). The number of rotatable bonds is 10. The van der Waals surface area contributed by atoms with Crippen LogP contribution in [0, 0.1) is 5.92 Å². The third-order valence-electron chi connectivity index (χ3n) is 4.90. The maximum atomic E-state index is 5.70. The Labute approximate surface area is 187 Å². The lowest BCUT2D eigenvalue weighted by Gasteiger charge is -2.32. The second-order valence-electron chi connectivity index (χ2n) is 6.89. The molecule has 1 aromatic rings. The average molecular weight is 504 g/mol. The lowest BCUT2D eigenvalue weighted by molar-refractivity contribution is 0.121. The van der Waals surface area contributed by atoms with Crippen LogP contribution in [-0.2, 0) is 11.3 Å². The molecule has 28 heavy (non-hydrogen) atoms. The van der Waals surface area contributed by atoms with E-state index in [1.165, 1.54) is 12.8 Å². The summed E-state index contributed by atoms with van der Waals surface area (Å²) in [7, 11) is 1.77. The van der Waals surface area contributed by atoms with Crippen molar-refractivity contribution in [1.29, 1.82) is 0 Å². The molecule has 1 fully saturated rings. The molecule has 2 N–H and O–H groups in total. The van der Waals surface area contributed by atoms with Crippen molar-refractivity contribution in [2.24, 2.45) is 10.9 Å². The van der Waals surface area contributed by atoms with E-state index < -0.39 is 0 Å². The molecular formula is C21H37IN4O2. The third kappa shape index (κ3) is 8.96. The second kappa shape index (κ2) is 14.9. The van der Waals surface area contributed by atoms with E-state index in [0.29, 0.717) is 19.1 Å². The van der Waals surface area contributed by atoms with Crippen molar-refractivity contribution in [3.63, 3.8) is 0 Å². The van der Waals surface area contributed by atoms with Gasteiger partial charge in [0.15, 0.2) is 5.96 Å². The van der Waals surface area contributed by atoms with Crippen LogP contribution in [0.2, 0.25) is 0 Å². The minimum absolute atomic E-state index is 0. The van der Waals surface area contributed by atoms with Crippen LogP contribution < -0.4 is 15.4 Å². The number of hydrogen-bond acceptors (Lipinski definition) is 4. The van der Waals surface area contributed by atoms with Gasteiger partial charge in [0.1, 0.15) is 5.75 Å². The molecule has 1 aliphatic rings. The van der Waals surface area contributed by atoms with Gasteiger partial charge in [0, 0.05) is 32.3 Å². The molecule has 1 aromatic carbocycles. The van der Waals surface area contributed by atoms with E-state index in [0.717, 1.165) is 56.6 Å². The van der Waals surface area contributed by atoms with Gasteiger partial charge in [-0.05, 0) is 51.8 Å². The summed E-state index contributed by atoms with van der Waals surface area (Å²) in [6, 6.07) is 8.12. The highest BCUT2D eigenvalue weighted by atomic mass is 127. The van der Waals surface area contributed by atoms with Gasteiger partial charge in [-0.2, -0.15) is 0 Å². The summed E-state index contributed by atoms with van der Waals surface area (Å²) in [4.78, 5) is 7.24. The molecule has 0 aliphatic carbocycles. The average Bonchev–Trinajstić information content (AvgIpc) is 2.70. The monoisotopic (exact) mass is 504 g/mol. The van der Waals surface area contributed by atoms with Crippen LogP contribution in [0.25, 0.3) is 0 Å². The zero-order valence-corrected chi connectivity index (χ0v) is 19.9. The van der Waals surface area contributed by atoms with E-state index in [1.54, 1.807) is 7.11 Å². The molecular weight excluding hydrogens is 467 g/mol. The highest BCUT2D eigenvalue weighted by molar-refractivity contribution is 14.0. The number of methoxy groups -OCH3 is 1. The van der Waals surface area contributed by atoms with Gasteiger partial charge in [-0.3, -0.25) is 0 Å². The van der Waals surface area contributed by atoms with Gasteiger partial charge < -0.3 is 25.0 Å². The van der Waals surface area contributed by atoms with Crippen LogP contribution in [0.15, 0.2) is 29.3 Å². The Hall–Kier alpha value is -1.06. The Balaban J connectivity index is 0.00000392. The standard InChI is InChI=1S/C21H36N4O2.HI/c1-4-22-21(24-17-19-8-6-7-9-20(19)27-5-2)23-16-18-10-12-25(13-11-18)14-15-26-3;/h6-9,18H,4-5,10-17H2,1-3H3,(H2,22,23,24);1H. The van der Waals surface area contributed by atoms with E-state index >= 15 is 0 Å². The fourth-order valence-corrected chi connectivity index (χ4v) is 3.31. The van der Waals surface area contributed by atoms with Gasteiger partial charge in [0.2, 0.25) is 0 Å². The lowest BCUT2D eigenvalue weighted by Crippen LogP contribution is -2.43. The normalized spacial score (nSPS) is 15.8. The molecule has 0 spiro atoms. The van der Waals surface area contributed by atoms with Gasteiger partial charge in [-0.1, -0.05) is 18.2 Å². The number of benzene rings is 1. The molecule has 6 nitrogen and oxygen atoms in total. The molecule has 7 heteroatoms. The summed E-state index contributed by atoms with van der Waals surface area (Å²) in [5, 5.41) is 6.88. The number of hydrogen-bond donors (Lipinski definition) is 2. The molecule has 0 unspecified atom stereocenters. The van der Waals surface area contributed by atoms with Crippen molar-refractivity contribution >= 4 is 29.9 Å². The third-order valence-corrected chi connectivity index (χ3v) is 4.90. The van der Waals surface area contributed by atoms with E-state index in [9.17, 15) is 0 Å². The number of para-hydroxylation sites is 1. The van der Waals surface area contributed by atoms with Gasteiger partial charge >= 0.3 is 0 Å². The number of nitrogens with one attached hydrogen (secondary N) is 2. The van der Waals surface area contributed by atoms with Crippen molar-refractivity contribution in [2.75, 3.05) is 53.0 Å². The second-order valence-corrected chi connectivity index (χ2v) is 6.89. The largest absolute Gasteiger partial charge is 0.494 e. The predicted molar refractivity (Wildman–Crippen MR) is 127 cm³/mol. The number of likely N-dealkylation sites (tertiary alicyclic amines) is 1. The Morgan fingerprint density at radius 3 is 2.61 bits per heavy atom. The van der Waals surface area contributed by atoms with Gasteiger partial charge in [0.25, 0.3) is 0 Å². The molecule has 0 aromatic heterocycles. The molecule has 0 saturated carbocycles. The van der Waals surface area contributed by atoms with Gasteiger partial charge in [0.05, 0.1) is 19.8 Å². The molecule has 0 bridgehead atoms. The zero-order chi connectivity index (χ0) is 19.3. The van der Waals surface area contributed by atoms with E-state index in [4.69, 9.17) is 14.5 Å². The predicted octanol–water partition coefficient (Wildman–Crippen LogP) is 3.12. The molecule has 0 atom stereocenters. The van der Waals surface area contributed by atoms with Crippen molar-refractivity contribution in [3.8, 4) is 5.75 Å². The van der Waals surface area contributed by atoms with E-state index in [-0.39, 0.29) is 24.0 Å². The first-order valence-electron chi connectivity index (χ1n) is 10.2. The number of aliphatic imine (C=N–C) groups is 1. The smallest absolute Gasteiger partial charge is 0.191 e. The maximum absolute atomic E-state index is 5.70. The maximum Gasteiger partial charge on any atom is 0.191 e. The zero-order valence-electron chi connectivity index (χ0n) is 17.6. The molecule has 1 aliphatic heterocycles.